The monoisotopic (exact) mass is 397 g/mol. The smallest absolute Gasteiger partial charge is 0.352 e. The first kappa shape index (κ1) is 19.4. The van der Waals surface area contributed by atoms with E-state index in [1.54, 1.807) is 17.4 Å². The number of aliphatic carboxylic acids is 1. The first-order valence-electron chi connectivity index (χ1n) is 8.29. The molecule has 1 atom stereocenters. The van der Waals surface area contributed by atoms with Crippen LogP contribution in [0.3, 0.4) is 0 Å². The van der Waals surface area contributed by atoms with Crippen LogP contribution in [0.25, 0.3) is 0 Å². The van der Waals surface area contributed by atoms with E-state index in [-0.39, 0.29) is 16.9 Å². The Morgan fingerprint density at radius 3 is 2.71 bits per heavy atom. The van der Waals surface area contributed by atoms with Crippen LogP contribution in [0.1, 0.15) is 23.6 Å². The van der Waals surface area contributed by atoms with Crippen molar-refractivity contribution in [3.63, 3.8) is 0 Å². The molecule has 0 radical (unpaired) electrons. The standard InChI is InChI=1S/C21H16FNO4S/c1-21(20(24)25,17-4-2-3-5-18(17)22)27-19-10-16(7-6-15(19)11-23)26-12-14-8-9-28-13-14/h2-10,13H,12H2,1H3,(H,24,25). The predicted molar refractivity (Wildman–Crippen MR) is 102 cm³/mol. The van der Waals surface area contributed by atoms with Crippen molar-refractivity contribution in [2.45, 2.75) is 19.1 Å². The molecule has 0 saturated carbocycles. The first-order chi connectivity index (χ1) is 13.4. The largest absolute Gasteiger partial charge is 0.489 e. The maximum atomic E-state index is 14.3. The Morgan fingerprint density at radius 1 is 1.29 bits per heavy atom. The van der Waals surface area contributed by atoms with Crippen LogP contribution < -0.4 is 9.47 Å². The Hall–Kier alpha value is -3.37. The Morgan fingerprint density at radius 2 is 2.07 bits per heavy atom. The highest BCUT2D eigenvalue weighted by atomic mass is 32.1. The molecular formula is C21H16FNO4S. The molecule has 7 heteroatoms. The Labute approximate surface area is 165 Å². The average Bonchev–Trinajstić information content (AvgIpc) is 3.20. The van der Waals surface area contributed by atoms with E-state index in [9.17, 15) is 19.6 Å². The number of carboxylic acid groups (broad SMARTS) is 1. The summed E-state index contributed by atoms with van der Waals surface area (Å²) in [6.07, 6.45) is 0. The third kappa shape index (κ3) is 3.97. The number of halogens is 1. The van der Waals surface area contributed by atoms with Crippen LogP contribution in [0.5, 0.6) is 11.5 Å². The van der Waals surface area contributed by atoms with Crippen LogP contribution in [0, 0.1) is 17.1 Å². The van der Waals surface area contributed by atoms with Crippen LogP contribution in [0.4, 0.5) is 4.39 Å². The molecule has 1 heterocycles. The van der Waals surface area contributed by atoms with E-state index >= 15 is 0 Å². The molecule has 1 unspecified atom stereocenters. The maximum Gasteiger partial charge on any atom is 0.352 e. The van der Waals surface area contributed by atoms with E-state index in [1.807, 2.05) is 22.9 Å². The van der Waals surface area contributed by atoms with Crippen molar-refractivity contribution in [3.8, 4) is 17.6 Å². The summed E-state index contributed by atoms with van der Waals surface area (Å²) in [7, 11) is 0. The van der Waals surface area contributed by atoms with Gasteiger partial charge in [-0.15, -0.1) is 0 Å². The van der Waals surface area contributed by atoms with E-state index in [0.717, 1.165) is 11.6 Å². The molecule has 3 aromatic rings. The Bertz CT molecular complexity index is 1030. The number of carbonyl (C=O) groups is 1. The minimum absolute atomic E-state index is 0.00142. The van der Waals surface area contributed by atoms with E-state index in [4.69, 9.17) is 9.47 Å². The van der Waals surface area contributed by atoms with Crippen LogP contribution >= 0.6 is 11.3 Å². The van der Waals surface area contributed by atoms with E-state index < -0.39 is 17.4 Å². The van der Waals surface area contributed by atoms with Crippen molar-refractivity contribution in [2.24, 2.45) is 0 Å². The first-order valence-corrected chi connectivity index (χ1v) is 9.24. The van der Waals surface area contributed by atoms with Gasteiger partial charge >= 0.3 is 5.97 Å². The lowest BCUT2D eigenvalue weighted by molar-refractivity contribution is -0.155. The second-order valence-electron chi connectivity index (χ2n) is 6.11. The minimum atomic E-state index is -2.02. The normalized spacial score (nSPS) is 12.6. The van der Waals surface area contributed by atoms with Crippen molar-refractivity contribution in [2.75, 3.05) is 0 Å². The summed E-state index contributed by atoms with van der Waals surface area (Å²) in [6, 6.07) is 13.9. The minimum Gasteiger partial charge on any atom is -0.489 e. The highest BCUT2D eigenvalue weighted by Crippen LogP contribution is 2.34. The molecule has 0 aliphatic carbocycles. The molecule has 0 saturated heterocycles. The Balaban J connectivity index is 1.94. The molecule has 0 aliphatic rings. The van der Waals surface area contributed by atoms with Gasteiger partial charge in [0.1, 0.15) is 30.0 Å². The van der Waals surface area contributed by atoms with Crippen molar-refractivity contribution in [1.29, 1.82) is 5.26 Å². The van der Waals surface area contributed by atoms with Gasteiger partial charge in [-0.2, -0.15) is 16.6 Å². The maximum absolute atomic E-state index is 14.3. The summed E-state index contributed by atoms with van der Waals surface area (Å²) in [5.74, 6) is -1.69. The molecular weight excluding hydrogens is 381 g/mol. The number of hydrogen-bond donors (Lipinski definition) is 1. The van der Waals surface area contributed by atoms with Crippen LogP contribution in [0.15, 0.2) is 59.3 Å². The number of hydrogen-bond acceptors (Lipinski definition) is 5. The molecule has 3 rings (SSSR count). The highest BCUT2D eigenvalue weighted by Gasteiger charge is 2.40. The lowest BCUT2D eigenvalue weighted by Gasteiger charge is -2.27. The second kappa shape index (κ2) is 8.11. The predicted octanol–water partition coefficient (Wildman–Crippen LogP) is 4.72. The van der Waals surface area contributed by atoms with Crippen LogP contribution in [0.2, 0.25) is 0 Å². The molecule has 0 aliphatic heterocycles. The van der Waals surface area contributed by atoms with Crippen LogP contribution in [-0.4, -0.2) is 11.1 Å². The second-order valence-corrected chi connectivity index (χ2v) is 6.89. The fraction of sp³-hybridized carbons (Fsp3) is 0.143. The molecule has 0 bridgehead atoms. The zero-order valence-corrected chi connectivity index (χ0v) is 15.7. The highest BCUT2D eigenvalue weighted by molar-refractivity contribution is 7.07. The summed E-state index contributed by atoms with van der Waals surface area (Å²) in [4.78, 5) is 11.9. The Kier molecular flexibility index (Phi) is 5.62. The van der Waals surface area contributed by atoms with Crippen molar-refractivity contribution in [1.82, 2.24) is 0 Å². The number of nitrogens with zero attached hydrogens (tertiary/aromatic N) is 1. The number of carboxylic acids is 1. The van der Waals surface area contributed by atoms with E-state index in [0.29, 0.717) is 12.4 Å². The summed E-state index contributed by atoms with van der Waals surface area (Å²) < 4.78 is 25.6. The lowest BCUT2D eigenvalue weighted by Crippen LogP contribution is -2.39. The summed E-state index contributed by atoms with van der Waals surface area (Å²) in [5.41, 5.74) is -1.07. The fourth-order valence-corrected chi connectivity index (χ4v) is 3.25. The zero-order valence-electron chi connectivity index (χ0n) is 14.9. The fourth-order valence-electron chi connectivity index (χ4n) is 2.59. The quantitative estimate of drug-likeness (QED) is 0.624. The molecule has 142 valence electrons. The van der Waals surface area contributed by atoms with Crippen LogP contribution in [-0.2, 0) is 17.0 Å². The van der Waals surface area contributed by atoms with Gasteiger partial charge in [0.05, 0.1) is 5.56 Å². The molecule has 1 N–H and O–H groups in total. The SMILES string of the molecule is CC(Oc1cc(OCc2ccsc2)ccc1C#N)(C(=O)O)c1ccccc1F. The van der Waals surface area contributed by atoms with Gasteiger partial charge in [0.15, 0.2) is 0 Å². The third-order valence-electron chi connectivity index (χ3n) is 4.17. The van der Waals surface area contributed by atoms with E-state index in [1.165, 1.54) is 37.3 Å². The number of rotatable bonds is 7. The molecule has 0 amide bonds. The third-order valence-corrected chi connectivity index (χ3v) is 4.90. The van der Waals surface area contributed by atoms with Crippen molar-refractivity contribution < 1.29 is 23.8 Å². The zero-order chi connectivity index (χ0) is 20.1. The molecule has 28 heavy (non-hydrogen) atoms. The lowest BCUT2D eigenvalue weighted by atomic mass is 9.95. The topological polar surface area (TPSA) is 79.5 Å². The summed E-state index contributed by atoms with van der Waals surface area (Å²) in [5, 5.41) is 23.0. The molecule has 0 spiro atoms. The number of thiophene rings is 1. The molecule has 1 aromatic heterocycles. The van der Waals surface area contributed by atoms with Gasteiger partial charge < -0.3 is 14.6 Å². The number of nitriles is 1. The molecule has 2 aromatic carbocycles. The summed E-state index contributed by atoms with van der Waals surface area (Å²) >= 11 is 1.55. The molecule has 5 nitrogen and oxygen atoms in total. The van der Waals surface area contributed by atoms with Gasteiger partial charge in [-0.1, -0.05) is 18.2 Å². The van der Waals surface area contributed by atoms with Crippen molar-refractivity contribution >= 4 is 17.3 Å². The van der Waals surface area contributed by atoms with Gasteiger partial charge in [0.2, 0.25) is 5.60 Å². The van der Waals surface area contributed by atoms with Gasteiger partial charge in [-0.3, -0.25) is 0 Å². The molecule has 0 fully saturated rings. The van der Waals surface area contributed by atoms with Crippen molar-refractivity contribution in [3.05, 3.63) is 81.8 Å². The summed E-state index contributed by atoms with van der Waals surface area (Å²) in [6.45, 7) is 1.56. The van der Waals surface area contributed by atoms with E-state index in [2.05, 4.69) is 0 Å². The average molecular weight is 397 g/mol. The van der Waals surface area contributed by atoms with Gasteiger partial charge in [0, 0.05) is 11.6 Å². The number of benzene rings is 2. The van der Waals surface area contributed by atoms with Gasteiger partial charge in [-0.05, 0) is 47.5 Å². The number of ether oxygens (including phenoxy) is 2. The van der Waals surface area contributed by atoms with Gasteiger partial charge in [-0.25, -0.2) is 9.18 Å². The van der Waals surface area contributed by atoms with Gasteiger partial charge in [0.25, 0.3) is 0 Å².